The first-order chi connectivity index (χ1) is 8.67. The highest BCUT2D eigenvalue weighted by atomic mass is 16.5. The van der Waals surface area contributed by atoms with Crippen molar-refractivity contribution in [3.8, 4) is 0 Å². The molecule has 1 aromatic carbocycles. The minimum atomic E-state index is -0.547. The van der Waals surface area contributed by atoms with Crippen LogP contribution in [0.25, 0.3) is 0 Å². The molecule has 1 atom stereocenters. The van der Waals surface area contributed by atoms with Crippen LogP contribution in [0.4, 0.5) is 5.69 Å². The number of ether oxygens (including phenoxy) is 1. The van der Waals surface area contributed by atoms with Gasteiger partial charge in [-0.2, -0.15) is 0 Å². The van der Waals surface area contributed by atoms with Crippen molar-refractivity contribution in [2.75, 3.05) is 19.0 Å². The largest absolute Gasteiger partial charge is 0.469 e. The molecule has 18 heavy (non-hydrogen) atoms. The second-order valence-electron chi connectivity index (χ2n) is 4.16. The lowest BCUT2D eigenvalue weighted by Gasteiger charge is -2.14. The molecule has 1 unspecified atom stereocenters. The molecule has 0 heterocycles. The van der Waals surface area contributed by atoms with E-state index in [9.17, 15) is 9.90 Å². The molecule has 0 bridgehead atoms. The number of aryl methyl sites for hydroxylation is 1. The average Bonchev–Trinajstić information content (AvgIpc) is 2.42. The van der Waals surface area contributed by atoms with Gasteiger partial charge < -0.3 is 15.2 Å². The summed E-state index contributed by atoms with van der Waals surface area (Å²) < 4.78 is 4.53. The van der Waals surface area contributed by atoms with Crippen molar-refractivity contribution in [3.05, 3.63) is 29.8 Å². The highest BCUT2D eigenvalue weighted by Crippen LogP contribution is 2.15. The molecule has 1 rings (SSSR count). The average molecular weight is 251 g/mol. The molecule has 0 aliphatic carbocycles. The molecule has 0 spiro atoms. The fourth-order valence-electron chi connectivity index (χ4n) is 1.72. The predicted molar refractivity (Wildman–Crippen MR) is 71.6 cm³/mol. The Kier molecular flexibility index (Phi) is 6.22. The molecule has 0 saturated carbocycles. The maximum absolute atomic E-state index is 10.9. The van der Waals surface area contributed by atoms with Crippen LogP contribution in [0.5, 0.6) is 0 Å². The van der Waals surface area contributed by atoms with Crippen LogP contribution in [0, 0.1) is 0 Å². The Labute approximate surface area is 108 Å². The zero-order valence-electron chi connectivity index (χ0n) is 11.0. The number of hydrogen-bond donors (Lipinski definition) is 2. The third-order valence-electron chi connectivity index (χ3n) is 2.84. The molecule has 2 N–H and O–H groups in total. The number of hydrogen-bond acceptors (Lipinski definition) is 4. The normalized spacial score (nSPS) is 11.9. The minimum Gasteiger partial charge on any atom is -0.469 e. The molecule has 0 radical (unpaired) electrons. The number of aliphatic hydroxyl groups excluding tert-OH is 1. The van der Waals surface area contributed by atoms with E-state index in [0.29, 0.717) is 13.0 Å². The molecule has 0 amide bonds. The summed E-state index contributed by atoms with van der Waals surface area (Å²) in [6.07, 6.45) is 1.05. The van der Waals surface area contributed by atoms with Crippen LogP contribution in [0.15, 0.2) is 24.3 Å². The van der Waals surface area contributed by atoms with Crippen molar-refractivity contribution >= 4 is 11.7 Å². The second-order valence-corrected chi connectivity index (χ2v) is 4.16. The van der Waals surface area contributed by atoms with Gasteiger partial charge in [-0.25, -0.2) is 0 Å². The Morgan fingerprint density at radius 3 is 2.83 bits per heavy atom. The number of carbonyl (C=O) groups excluding carboxylic acids is 1. The maximum Gasteiger partial charge on any atom is 0.305 e. The van der Waals surface area contributed by atoms with E-state index in [1.807, 2.05) is 18.2 Å². The smallest absolute Gasteiger partial charge is 0.305 e. The molecule has 4 heteroatoms. The Morgan fingerprint density at radius 1 is 1.44 bits per heavy atom. The van der Waals surface area contributed by atoms with Gasteiger partial charge in [0.05, 0.1) is 13.2 Å². The van der Waals surface area contributed by atoms with Gasteiger partial charge in [0.1, 0.15) is 0 Å². The van der Waals surface area contributed by atoms with Crippen molar-refractivity contribution in [1.29, 1.82) is 0 Å². The van der Waals surface area contributed by atoms with Crippen LogP contribution in [0.1, 0.15) is 25.3 Å². The predicted octanol–water partition coefficient (Wildman–Crippen LogP) is 1.97. The number of carbonyl (C=O) groups is 1. The molecule has 0 fully saturated rings. The summed E-state index contributed by atoms with van der Waals surface area (Å²) in [6.45, 7) is 2.53. The number of anilines is 1. The third kappa shape index (κ3) is 4.75. The van der Waals surface area contributed by atoms with E-state index in [4.69, 9.17) is 0 Å². The number of rotatable bonds is 7. The van der Waals surface area contributed by atoms with E-state index in [1.165, 1.54) is 12.7 Å². The van der Waals surface area contributed by atoms with Gasteiger partial charge in [-0.05, 0) is 24.5 Å². The lowest BCUT2D eigenvalue weighted by atomic mass is 10.1. The lowest BCUT2D eigenvalue weighted by Crippen LogP contribution is -2.21. The summed E-state index contributed by atoms with van der Waals surface area (Å²) in [4.78, 5) is 10.9. The van der Waals surface area contributed by atoms with Gasteiger partial charge in [-0.3, -0.25) is 4.79 Å². The van der Waals surface area contributed by atoms with E-state index >= 15 is 0 Å². The van der Waals surface area contributed by atoms with Crippen molar-refractivity contribution in [2.45, 2.75) is 32.3 Å². The van der Waals surface area contributed by atoms with Gasteiger partial charge >= 0.3 is 5.97 Å². The molecule has 4 nitrogen and oxygen atoms in total. The van der Waals surface area contributed by atoms with Crippen molar-refractivity contribution < 1.29 is 14.6 Å². The van der Waals surface area contributed by atoms with Gasteiger partial charge in [-0.15, -0.1) is 0 Å². The third-order valence-corrected chi connectivity index (χ3v) is 2.84. The SMILES string of the molecule is CCc1ccccc1NCC(O)CCC(=O)OC. The minimum absolute atomic E-state index is 0.245. The van der Waals surface area contributed by atoms with E-state index < -0.39 is 6.10 Å². The van der Waals surface area contributed by atoms with Gasteiger partial charge in [0.15, 0.2) is 0 Å². The number of esters is 1. The summed E-state index contributed by atoms with van der Waals surface area (Å²) in [5.41, 5.74) is 2.26. The summed E-state index contributed by atoms with van der Waals surface area (Å²) in [5.74, 6) is -0.289. The number of methoxy groups -OCH3 is 1. The molecule has 100 valence electrons. The lowest BCUT2D eigenvalue weighted by molar-refractivity contribution is -0.141. The van der Waals surface area contributed by atoms with E-state index in [0.717, 1.165) is 12.1 Å². The first kappa shape index (κ1) is 14.5. The number of nitrogens with one attached hydrogen (secondary N) is 1. The summed E-state index contributed by atoms with van der Waals surface area (Å²) in [5, 5.41) is 13.0. The molecule has 1 aromatic rings. The Hall–Kier alpha value is -1.55. The van der Waals surface area contributed by atoms with Gasteiger partial charge in [0.25, 0.3) is 0 Å². The van der Waals surface area contributed by atoms with Crippen LogP contribution in [-0.4, -0.2) is 30.8 Å². The molecule has 0 aliphatic rings. The molecule has 0 aromatic heterocycles. The zero-order valence-corrected chi connectivity index (χ0v) is 11.0. The van der Waals surface area contributed by atoms with E-state index in [2.05, 4.69) is 23.0 Å². The first-order valence-corrected chi connectivity index (χ1v) is 6.24. The standard InChI is InChI=1S/C14H21NO3/c1-3-11-6-4-5-7-13(11)15-10-12(16)8-9-14(17)18-2/h4-7,12,15-16H,3,8-10H2,1-2H3. The fourth-order valence-corrected chi connectivity index (χ4v) is 1.72. The fraction of sp³-hybridized carbons (Fsp3) is 0.500. The van der Waals surface area contributed by atoms with Crippen molar-refractivity contribution in [1.82, 2.24) is 0 Å². The topological polar surface area (TPSA) is 58.6 Å². The van der Waals surface area contributed by atoms with Crippen molar-refractivity contribution in [2.24, 2.45) is 0 Å². The van der Waals surface area contributed by atoms with Gasteiger partial charge in [-0.1, -0.05) is 25.1 Å². The first-order valence-electron chi connectivity index (χ1n) is 6.24. The van der Waals surface area contributed by atoms with Gasteiger partial charge in [0.2, 0.25) is 0 Å². The highest BCUT2D eigenvalue weighted by Gasteiger charge is 2.08. The Morgan fingerprint density at radius 2 is 2.17 bits per heavy atom. The summed E-state index contributed by atoms with van der Waals surface area (Å²) in [6, 6.07) is 8.01. The molecule has 0 aliphatic heterocycles. The molecule has 0 saturated heterocycles. The number of benzene rings is 1. The monoisotopic (exact) mass is 251 g/mol. The second kappa shape index (κ2) is 7.71. The quantitative estimate of drug-likeness (QED) is 0.727. The highest BCUT2D eigenvalue weighted by molar-refractivity contribution is 5.69. The Bertz CT molecular complexity index is 379. The van der Waals surface area contributed by atoms with Crippen LogP contribution >= 0.6 is 0 Å². The van der Waals surface area contributed by atoms with Crippen molar-refractivity contribution in [3.63, 3.8) is 0 Å². The maximum atomic E-state index is 10.9. The summed E-state index contributed by atoms with van der Waals surface area (Å²) in [7, 11) is 1.35. The van der Waals surface area contributed by atoms with E-state index in [-0.39, 0.29) is 12.4 Å². The molecular weight excluding hydrogens is 230 g/mol. The Balaban J connectivity index is 2.37. The van der Waals surface area contributed by atoms with Crippen LogP contribution in [0.3, 0.4) is 0 Å². The zero-order chi connectivity index (χ0) is 13.4. The van der Waals surface area contributed by atoms with Crippen LogP contribution in [-0.2, 0) is 16.0 Å². The van der Waals surface area contributed by atoms with Crippen LogP contribution in [0.2, 0.25) is 0 Å². The number of para-hydroxylation sites is 1. The van der Waals surface area contributed by atoms with E-state index in [1.54, 1.807) is 0 Å². The van der Waals surface area contributed by atoms with Crippen LogP contribution < -0.4 is 5.32 Å². The van der Waals surface area contributed by atoms with Gasteiger partial charge in [0, 0.05) is 18.7 Å². The molecular formula is C14H21NO3. The number of aliphatic hydroxyl groups is 1. The summed E-state index contributed by atoms with van der Waals surface area (Å²) >= 11 is 0.